The zero-order valence-electron chi connectivity index (χ0n) is 13.9. The number of piperidine rings is 1. The predicted octanol–water partition coefficient (Wildman–Crippen LogP) is 2.25. The highest BCUT2D eigenvalue weighted by Gasteiger charge is 2.47. The molecule has 1 aromatic rings. The first-order valence-corrected chi connectivity index (χ1v) is 8.36. The lowest BCUT2D eigenvalue weighted by Crippen LogP contribution is -2.50. The first-order chi connectivity index (χ1) is 11.1. The third-order valence-electron chi connectivity index (χ3n) is 5.26. The van der Waals surface area contributed by atoms with Gasteiger partial charge in [0.2, 0.25) is 5.91 Å². The average Bonchev–Trinajstić information content (AvgIpc) is 2.94. The summed E-state index contributed by atoms with van der Waals surface area (Å²) in [5, 5.41) is 0. The average molecular weight is 320 g/mol. The van der Waals surface area contributed by atoms with E-state index in [0.717, 1.165) is 24.9 Å². The van der Waals surface area contributed by atoms with Crippen LogP contribution in [0.25, 0.3) is 0 Å². The summed E-state index contributed by atoms with van der Waals surface area (Å²) in [6, 6.07) is 7.34. The number of halogens is 1. The van der Waals surface area contributed by atoms with Crippen LogP contribution in [0, 0.1) is 5.82 Å². The molecule has 1 amide bonds. The number of hydrogen-bond acceptors (Lipinski definition) is 3. The number of nitrogens with zero attached hydrogens (tertiary/aromatic N) is 2. The summed E-state index contributed by atoms with van der Waals surface area (Å²) < 4.78 is 18.3. The monoisotopic (exact) mass is 320 g/mol. The number of likely N-dealkylation sites (N-methyl/N-ethyl adjacent to an activating group) is 1. The number of carbonyl (C=O) groups excluding carboxylic acids is 1. The summed E-state index contributed by atoms with van der Waals surface area (Å²) >= 11 is 0. The summed E-state index contributed by atoms with van der Waals surface area (Å²) in [6.07, 6.45) is 2.59. The van der Waals surface area contributed by atoms with Gasteiger partial charge in [-0.05, 0) is 44.1 Å². The number of methoxy groups -OCH3 is 1. The van der Waals surface area contributed by atoms with E-state index < -0.39 is 0 Å². The van der Waals surface area contributed by atoms with E-state index in [-0.39, 0.29) is 23.7 Å². The molecule has 4 nitrogen and oxygen atoms in total. The number of ether oxygens (including phenoxy) is 1. The lowest BCUT2D eigenvalue weighted by Gasteiger charge is -2.39. The molecule has 0 spiro atoms. The van der Waals surface area contributed by atoms with Gasteiger partial charge in [0.15, 0.2) is 0 Å². The van der Waals surface area contributed by atoms with E-state index in [1.165, 1.54) is 12.1 Å². The second-order valence-corrected chi connectivity index (χ2v) is 6.63. The molecule has 0 unspecified atom stereocenters. The van der Waals surface area contributed by atoms with Crippen LogP contribution in [-0.2, 0) is 9.53 Å². The van der Waals surface area contributed by atoms with E-state index >= 15 is 0 Å². The van der Waals surface area contributed by atoms with E-state index in [9.17, 15) is 9.18 Å². The number of likely N-dealkylation sites (tertiary alicyclic amines) is 2. The van der Waals surface area contributed by atoms with Crippen LogP contribution in [-0.4, -0.2) is 61.6 Å². The highest BCUT2D eigenvalue weighted by Crippen LogP contribution is 2.39. The van der Waals surface area contributed by atoms with Crippen LogP contribution in [0.2, 0.25) is 0 Å². The van der Waals surface area contributed by atoms with Gasteiger partial charge >= 0.3 is 0 Å². The van der Waals surface area contributed by atoms with E-state index in [1.54, 1.807) is 7.11 Å². The van der Waals surface area contributed by atoms with Crippen LogP contribution < -0.4 is 0 Å². The zero-order chi connectivity index (χ0) is 16.4. The predicted molar refractivity (Wildman–Crippen MR) is 86.8 cm³/mol. The fraction of sp³-hybridized carbons (Fsp3) is 0.611. The molecule has 126 valence electrons. The minimum atomic E-state index is -0.215. The summed E-state index contributed by atoms with van der Waals surface area (Å²) in [5.74, 6) is 0.201. The molecular weight excluding hydrogens is 295 g/mol. The Morgan fingerprint density at radius 2 is 2.09 bits per heavy atom. The SMILES string of the molecule is COCCC(=O)N1C[C@H](c2ccc(F)cc2)[C@@H]2[C@H]1CCCN2C. The molecule has 3 atom stereocenters. The van der Waals surface area contributed by atoms with Crippen LogP contribution in [0.1, 0.15) is 30.7 Å². The molecule has 2 heterocycles. The Morgan fingerprint density at radius 1 is 1.35 bits per heavy atom. The summed E-state index contributed by atoms with van der Waals surface area (Å²) in [4.78, 5) is 17.0. The van der Waals surface area contributed by atoms with E-state index in [2.05, 4.69) is 11.9 Å². The lowest BCUT2D eigenvalue weighted by atomic mass is 9.86. The maximum Gasteiger partial charge on any atom is 0.225 e. The standard InChI is InChI=1S/C18H25FN2O2/c1-20-10-3-4-16-18(20)15(13-5-7-14(19)8-6-13)12-21(16)17(22)9-11-23-2/h5-8,15-16,18H,3-4,9-12H2,1-2H3/t15-,16-,18-/m1/s1. The maximum atomic E-state index is 13.2. The van der Waals surface area contributed by atoms with Crippen molar-refractivity contribution in [3.8, 4) is 0 Å². The van der Waals surface area contributed by atoms with Crippen molar-refractivity contribution in [2.45, 2.75) is 37.3 Å². The normalized spacial score (nSPS) is 28.0. The van der Waals surface area contributed by atoms with Crippen molar-refractivity contribution in [3.63, 3.8) is 0 Å². The van der Waals surface area contributed by atoms with Crippen molar-refractivity contribution in [2.75, 3.05) is 33.9 Å². The van der Waals surface area contributed by atoms with Crippen molar-refractivity contribution >= 4 is 5.91 Å². The summed E-state index contributed by atoms with van der Waals surface area (Å²) in [5.41, 5.74) is 1.12. The molecule has 0 saturated carbocycles. The Bertz CT molecular complexity index is 548. The van der Waals surface area contributed by atoms with Crippen molar-refractivity contribution < 1.29 is 13.9 Å². The van der Waals surface area contributed by atoms with Gasteiger partial charge in [-0.15, -0.1) is 0 Å². The minimum absolute atomic E-state index is 0.168. The zero-order valence-corrected chi connectivity index (χ0v) is 13.9. The molecule has 3 rings (SSSR count). The van der Waals surface area contributed by atoms with Gasteiger partial charge in [-0.3, -0.25) is 4.79 Å². The summed E-state index contributed by atoms with van der Waals surface area (Å²) in [6.45, 7) is 2.23. The van der Waals surface area contributed by atoms with Crippen molar-refractivity contribution in [2.24, 2.45) is 0 Å². The molecule has 0 radical (unpaired) electrons. The van der Waals surface area contributed by atoms with Gasteiger partial charge in [-0.25, -0.2) is 4.39 Å². The fourth-order valence-corrected chi connectivity index (χ4v) is 4.17. The van der Waals surface area contributed by atoms with Gasteiger partial charge in [0, 0.05) is 31.7 Å². The first kappa shape index (κ1) is 16.4. The number of carbonyl (C=O) groups is 1. The fourth-order valence-electron chi connectivity index (χ4n) is 4.17. The van der Waals surface area contributed by atoms with Gasteiger partial charge in [0.05, 0.1) is 13.0 Å². The number of hydrogen-bond donors (Lipinski definition) is 0. The maximum absolute atomic E-state index is 13.2. The van der Waals surface area contributed by atoms with Gasteiger partial charge in [0.1, 0.15) is 5.82 Å². The first-order valence-electron chi connectivity index (χ1n) is 8.36. The third kappa shape index (κ3) is 3.26. The molecule has 0 aromatic heterocycles. The topological polar surface area (TPSA) is 32.8 Å². The van der Waals surface area contributed by atoms with Crippen LogP contribution in [0.3, 0.4) is 0 Å². The second kappa shape index (κ2) is 6.97. The highest BCUT2D eigenvalue weighted by atomic mass is 19.1. The van der Waals surface area contributed by atoms with Gasteiger partial charge in [0.25, 0.3) is 0 Å². The minimum Gasteiger partial charge on any atom is -0.384 e. The van der Waals surface area contributed by atoms with E-state index in [1.807, 2.05) is 17.0 Å². The van der Waals surface area contributed by atoms with E-state index in [0.29, 0.717) is 25.6 Å². The molecule has 5 heteroatoms. The van der Waals surface area contributed by atoms with Crippen LogP contribution in [0.15, 0.2) is 24.3 Å². The van der Waals surface area contributed by atoms with Gasteiger partial charge < -0.3 is 14.5 Å². The smallest absolute Gasteiger partial charge is 0.225 e. The number of benzene rings is 1. The van der Waals surface area contributed by atoms with Crippen LogP contribution in [0.4, 0.5) is 4.39 Å². The molecule has 2 aliphatic heterocycles. The largest absolute Gasteiger partial charge is 0.384 e. The molecule has 2 aliphatic rings. The Kier molecular flexibility index (Phi) is 4.97. The lowest BCUT2D eigenvalue weighted by molar-refractivity contribution is -0.133. The number of amides is 1. The Hall–Kier alpha value is -1.46. The molecule has 0 N–H and O–H groups in total. The third-order valence-corrected chi connectivity index (χ3v) is 5.26. The molecule has 1 aromatic carbocycles. The highest BCUT2D eigenvalue weighted by molar-refractivity contribution is 5.77. The Balaban J connectivity index is 1.84. The number of rotatable bonds is 4. The molecule has 23 heavy (non-hydrogen) atoms. The Morgan fingerprint density at radius 3 is 2.78 bits per heavy atom. The Labute approximate surface area is 137 Å². The number of fused-ring (bicyclic) bond motifs is 1. The molecular formula is C18H25FN2O2. The van der Waals surface area contributed by atoms with Crippen LogP contribution >= 0.6 is 0 Å². The quantitative estimate of drug-likeness (QED) is 0.853. The van der Waals surface area contributed by atoms with Crippen LogP contribution in [0.5, 0.6) is 0 Å². The molecule has 2 saturated heterocycles. The van der Waals surface area contributed by atoms with Crippen molar-refractivity contribution in [1.82, 2.24) is 9.80 Å². The van der Waals surface area contributed by atoms with Gasteiger partial charge in [-0.1, -0.05) is 12.1 Å². The molecule has 0 bridgehead atoms. The van der Waals surface area contributed by atoms with Crippen molar-refractivity contribution in [1.29, 1.82) is 0 Å². The van der Waals surface area contributed by atoms with Crippen molar-refractivity contribution in [3.05, 3.63) is 35.6 Å². The van der Waals surface area contributed by atoms with E-state index in [4.69, 9.17) is 4.74 Å². The second-order valence-electron chi connectivity index (χ2n) is 6.63. The molecule has 0 aliphatic carbocycles. The summed E-state index contributed by atoms with van der Waals surface area (Å²) in [7, 11) is 3.76. The molecule has 2 fully saturated rings. The van der Waals surface area contributed by atoms with Gasteiger partial charge in [-0.2, -0.15) is 0 Å².